The van der Waals surface area contributed by atoms with Gasteiger partial charge in [0.2, 0.25) is 5.91 Å². The minimum atomic E-state index is -4.60. The van der Waals surface area contributed by atoms with Crippen LogP contribution >= 0.6 is 0 Å². The number of phenols is 1. The average molecular weight is 391 g/mol. The molecule has 3 rings (SSSR count). The highest BCUT2D eigenvalue weighted by atomic mass is 32.2. The number of nitrogens with one attached hydrogen (secondary N) is 1. The number of carbonyl (C=O) groups is 2. The number of rotatable bonds is 4. The van der Waals surface area contributed by atoms with Crippen molar-refractivity contribution in [3.63, 3.8) is 0 Å². The Kier molecular flexibility index (Phi) is 4.90. The van der Waals surface area contributed by atoms with Crippen molar-refractivity contribution in [1.29, 1.82) is 0 Å². The van der Waals surface area contributed by atoms with Gasteiger partial charge in [-0.15, -0.1) is 0 Å². The van der Waals surface area contributed by atoms with Crippen molar-refractivity contribution in [3.05, 3.63) is 42.5 Å². The molecule has 1 aliphatic rings. The average Bonchev–Trinajstić information content (AvgIpc) is 2.62. The first-order valence-electron chi connectivity index (χ1n) is 8.11. The van der Waals surface area contributed by atoms with Crippen LogP contribution in [-0.4, -0.2) is 35.1 Å². The molecule has 1 amide bonds. The number of phenolic OH excluding ortho intramolecular Hbond substituents is 1. The maximum Gasteiger partial charge on any atom is 0.307 e. The lowest BCUT2D eigenvalue weighted by Gasteiger charge is -2.24. The smallest absolute Gasteiger partial charge is 0.307 e. The van der Waals surface area contributed by atoms with Crippen LogP contribution in [0.4, 0.5) is 5.69 Å². The number of aromatic hydroxyl groups is 1. The highest BCUT2D eigenvalue weighted by Crippen LogP contribution is 2.38. The molecular formula is C18H17NO7S. The van der Waals surface area contributed by atoms with E-state index < -0.39 is 44.5 Å². The van der Waals surface area contributed by atoms with E-state index in [-0.39, 0.29) is 29.3 Å². The van der Waals surface area contributed by atoms with Gasteiger partial charge in [0, 0.05) is 16.8 Å². The van der Waals surface area contributed by atoms with Crippen LogP contribution in [0.1, 0.15) is 12.8 Å². The summed E-state index contributed by atoms with van der Waals surface area (Å²) in [6.45, 7) is 0. The first-order valence-corrected chi connectivity index (χ1v) is 9.55. The molecule has 0 aliphatic heterocycles. The van der Waals surface area contributed by atoms with Crippen LogP contribution in [-0.2, 0) is 19.7 Å². The van der Waals surface area contributed by atoms with Crippen LogP contribution < -0.4 is 5.32 Å². The van der Waals surface area contributed by atoms with Crippen LogP contribution in [0.25, 0.3) is 10.8 Å². The minimum Gasteiger partial charge on any atom is -0.506 e. The maximum atomic E-state index is 12.7. The number of carbonyl (C=O) groups excluding carboxylic acids is 1. The van der Waals surface area contributed by atoms with Gasteiger partial charge in [0.1, 0.15) is 10.6 Å². The Morgan fingerprint density at radius 2 is 1.63 bits per heavy atom. The summed E-state index contributed by atoms with van der Waals surface area (Å²) in [7, 11) is -4.60. The Labute approximate surface area is 154 Å². The molecule has 0 saturated heterocycles. The molecule has 2 aromatic rings. The van der Waals surface area contributed by atoms with Gasteiger partial charge in [-0.3, -0.25) is 14.1 Å². The summed E-state index contributed by atoms with van der Waals surface area (Å²) in [4.78, 5) is 23.6. The lowest BCUT2D eigenvalue weighted by molar-refractivity contribution is -0.146. The van der Waals surface area contributed by atoms with Crippen molar-refractivity contribution in [2.24, 2.45) is 11.8 Å². The quantitative estimate of drug-likeness (QED) is 0.356. The van der Waals surface area contributed by atoms with E-state index in [1.807, 2.05) is 0 Å². The van der Waals surface area contributed by atoms with Crippen molar-refractivity contribution in [3.8, 4) is 5.75 Å². The topological polar surface area (TPSA) is 141 Å². The van der Waals surface area contributed by atoms with Gasteiger partial charge in [-0.05, 0) is 12.8 Å². The van der Waals surface area contributed by atoms with E-state index in [0.717, 1.165) is 6.07 Å². The van der Waals surface area contributed by atoms with Gasteiger partial charge in [-0.25, -0.2) is 0 Å². The Bertz CT molecular complexity index is 1060. The largest absolute Gasteiger partial charge is 0.506 e. The molecule has 9 heteroatoms. The molecular weight excluding hydrogens is 374 g/mol. The number of allylic oxidation sites excluding steroid dienone is 2. The third kappa shape index (κ3) is 3.64. The van der Waals surface area contributed by atoms with Crippen molar-refractivity contribution in [1.82, 2.24) is 0 Å². The number of hydrogen-bond donors (Lipinski definition) is 4. The van der Waals surface area contributed by atoms with Gasteiger partial charge >= 0.3 is 5.97 Å². The summed E-state index contributed by atoms with van der Waals surface area (Å²) in [5, 5.41) is 22.4. The summed E-state index contributed by atoms with van der Waals surface area (Å²) in [5.74, 6) is -3.94. The third-order valence-corrected chi connectivity index (χ3v) is 5.49. The number of amides is 1. The second kappa shape index (κ2) is 7.01. The third-order valence-electron chi connectivity index (χ3n) is 4.60. The lowest BCUT2D eigenvalue weighted by Crippen LogP contribution is -2.34. The molecule has 4 N–H and O–H groups in total. The van der Waals surface area contributed by atoms with Crippen molar-refractivity contribution in [2.75, 3.05) is 5.32 Å². The van der Waals surface area contributed by atoms with E-state index >= 15 is 0 Å². The minimum absolute atomic E-state index is 0.0401. The number of anilines is 1. The normalized spacial score (nSPS) is 19.7. The van der Waals surface area contributed by atoms with Gasteiger partial charge in [0.15, 0.2) is 0 Å². The molecule has 2 unspecified atom stereocenters. The Balaban J connectivity index is 2.05. The van der Waals surface area contributed by atoms with Crippen LogP contribution in [0.5, 0.6) is 5.75 Å². The summed E-state index contributed by atoms with van der Waals surface area (Å²) in [6.07, 6.45) is 3.89. The first-order chi connectivity index (χ1) is 12.7. The van der Waals surface area contributed by atoms with E-state index in [1.54, 1.807) is 24.3 Å². The zero-order valence-electron chi connectivity index (χ0n) is 14.0. The van der Waals surface area contributed by atoms with Gasteiger partial charge in [0.05, 0.1) is 17.5 Å². The monoisotopic (exact) mass is 391 g/mol. The number of aliphatic carboxylic acids is 1. The maximum absolute atomic E-state index is 12.7. The highest BCUT2D eigenvalue weighted by Gasteiger charge is 2.34. The van der Waals surface area contributed by atoms with Crippen LogP contribution in [0.2, 0.25) is 0 Å². The fourth-order valence-corrected chi connectivity index (χ4v) is 3.98. The second-order valence-corrected chi connectivity index (χ2v) is 7.66. The summed E-state index contributed by atoms with van der Waals surface area (Å²) < 4.78 is 32.5. The Hall–Kier alpha value is -2.91. The SMILES string of the molecule is O=C(O)C1CC=CCC1C(=O)Nc1c(O)cc(S(=O)(=O)O)c2ccccc12. The molecule has 0 heterocycles. The number of benzene rings is 2. The van der Waals surface area contributed by atoms with Gasteiger partial charge in [-0.2, -0.15) is 8.42 Å². The van der Waals surface area contributed by atoms with Crippen molar-refractivity contribution < 1.29 is 32.8 Å². The number of fused-ring (bicyclic) bond motifs is 1. The van der Waals surface area contributed by atoms with E-state index in [1.165, 1.54) is 12.1 Å². The fourth-order valence-electron chi connectivity index (χ4n) is 3.27. The number of hydrogen-bond acceptors (Lipinski definition) is 5. The lowest BCUT2D eigenvalue weighted by atomic mass is 9.82. The Morgan fingerprint density at radius 1 is 1.04 bits per heavy atom. The highest BCUT2D eigenvalue weighted by molar-refractivity contribution is 7.86. The Morgan fingerprint density at radius 3 is 2.22 bits per heavy atom. The molecule has 27 heavy (non-hydrogen) atoms. The molecule has 142 valence electrons. The molecule has 8 nitrogen and oxygen atoms in total. The molecule has 0 fully saturated rings. The summed E-state index contributed by atoms with van der Waals surface area (Å²) in [5.41, 5.74) is -0.0401. The summed E-state index contributed by atoms with van der Waals surface area (Å²) in [6, 6.07) is 6.88. The van der Waals surface area contributed by atoms with E-state index in [9.17, 15) is 32.8 Å². The van der Waals surface area contributed by atoms with Crippen LogP contribution in [0, 0.1) is 11.8 Å². The van der Waals surface area contributed by atoms with E-state index in [2.05, 4.69) is 5.32 Å². The second-order valence-electron chi connectivity index (χ2n) is 6.27. The molecule has 0 aromatic heterocycles. The van der Waals surface area contributed by atoms with Gasteiger partial charge in [0.25, 0.3) is 10.1 Å². The molecule has 0 spiro atoms. The number of carboxylic acids is 1. The predicted molar refractivity (Wildman–Crippen MR) is 97.0 cm³/mol. The zero-order valence-corrected chi connectivity index (χ0v) is 14.8. The van der Waals surface area contributed by atoms with Crippen LogP contribution in [0.3, 0.4) is 0 Å². The van der Waals surface area contributed by atoms with Crippen LogP contribution in [0.15, 0.2) is 47.4 Å². The standard InChI is InChI=1S/C18H17NO7S/c20-14-9-15(27(24,25)26)10-5-1-2-6-11(10)16(14)19-17(21)12-7-3-4-8-13(12)18(22)23/h1-6,9,12-13,20H,7-8H2,(H,19,21)(H,22,23)(H,24,25,26). The van der Waals surface area contributed by atoms with Gasteiger partial charge in [-0.1, -0.05) is 36.4 Å². The zero-order chi connectivity index (χ0) is 19.8. The molecule has 0 radical (unpaired) electrons. The fraction of sp³-hybridized carbons (Fsp3) is 0.222. The first kappa shape index (κ1) is 18.9. The number of carboxylic acid groups (broad SMARTS) is 1. The molecule has 2 atom stereocenters. The summed E-state index contributed by atoms with van der Waals surface area (Å²) >= 11 is 0. The van der Waals surface area contributed by atoms with Crippen molar-refractivity contribution in [2.45, 2.75) is 17.7 Å². The van der Waals surface area contributed by atoms with E-state index in [0.29, 0.717) is 0 Å². The molecule has 2 aromatic carbocycles. The van der Waals surface area contributed by atoms with Gasteiger partial charge < -0.3 is 15.5 Å². The molecule has 1 aliphatic carbocycles. The van der Waals surface area contributed by atoms with E-state index in [4.69, 9.17) is 0 Å². The molecule has 0 saturated carbocycles. The van der Waals surface area contributed by atoms with Crippen molar-refractivity contribution >= 4 is 38.5 Å². The predicted octanol–water partition coefficient (Wildman–Crippen LogP) is 2.40. The molecule has 0 bridgehead atoms.